The summed E-state index contributed by atoms with van der Waals surface area (Å²) in [7, 11) is 0. The molecular weight excluding hydrogens is 336 g/mol. The fourth-order valence-corrected chi connectivity index (χ4v) is 3.17. The summed E-state index contributed by atoms with van der Waals surface area (Å²) in [6.07, 6.45) is 3.68. The number of nitrogens with two attached hydrogens (primary N) is 1. The van der Waals surface area contributed by atoms with Crippen LogP contribution in [-0.2, 0) is 6.42 Å². The van der Waals surface area contributed by atoms with Gasteiger partial charge in [-0.1, -0.05) is 13.3 Å². The normalized spacial score (nSPS) is 11.1. The Bertz CT molecular complexity index is 769. The minimum atomic E-state index is 0.477. The van der Waals surface area contributed by atoms with Crippen LogP contribution in [0.2, 0.25) is 0 Å². The summed E-state index contributed by atoms with van der Waals surface area (Å²) in [6.45, 7) is 2.11. The van der Waals surface area contributed by atoms with Crippen LogP contribution in [0.15, 0.2) is 28.2 Å². The summed E-state index contributed by atoms with van der Waals surface area (Å²) in [4.78, 5) is 13.4. The molecule has 0 aromatic carbocycles. The first-order chi connectivity index (χ1) is 9.69. The number of nitrogen functional groups attached to an aromatic ring is 1. The van der Waals surface area contributed by atoms with Crippen molar-refractivity contribution in [2.24, 2.45) is 0 Å². The van der Waals surface area contributed by atoms with Crippen LogP contribution in [0.1, 0.15) is 19.0 Å². The van der Waals surface area contributed by atoms with E-state index in [4.69, 9.17) is 5.73 Å². The summed E-state index contributed by atoms with van der Waals surface area (Å²) in [5.41, 5.74) is 8.81. The Morgan fingerprint density at radius 1 is 1.35 bits per heavy atom. The maximum atomic E-state index is 5.97. The zero-order valence-corrected chi connectivity index (χ0v) is 13.3. The van der Waals surface area contributed by atoms with E-state index in [1.165, 1.54) is 0 Å². The van der Waals surface area contributed by atoms with Crippen molar-refractivity contribution in [3.63, 3.8) is 0 Å². The monoisotopic (exact) mass is 348 g/mol. The van der Waals surface area contributed by atoms with Crippen LogP contribution in [0.25, 0.3) is 21.6 Å². The molecule has 0 aliphatic heterocycles. The van der Waals surface area contributed by atoms with Gasteiger partial charge in [0.1, 0.15) is 5.82 Å². The SMILES string of the molecule is CCCc1nc(-c2cnc3ccsc3c2)nc(N)c1Br. The Labute approximate surface area is 129 Å². The Hall–Kier alpha value is -1.53. The average Bonchev–Trinajstić information content (AvgIpc) is 2.91. The van der Waals surface area contributed by atoms with E-state index in [0.717, 1.165) is 38.8 Å². The fourth-order valence-electron chi connectivity index (χ4n) is 2.01. The number of hydrogen-bond acceptors (Lipinski definition) is 5. The van der Waals surface area contributed by atoms with Gasteiger partial charge < -0.3 is 5.73 Å². The molecule has 0 saturated heterocycles. The highest BCUT2D eigenvalue weighted by Gasteiger charge is 2.12. The average molecular weight is 349 g/mol. The second-order valence-electron chi connectivity index (χ2n) is 4.47. The molecule has 0 aliphatic rings. The van der Waals surface area contributed by atoms with Crippen molar-refractivity contribution < 1.29 is 0 Å². The van der Waals surface area contributed by atoms with Gasteiger partial charge >= 0.3 is 0 Å². The lowest BCUT2D eigenvalue weighted by atomic mass is 10.2. The molecule has 102 valence electrons. The molecule has 0 fully saturated rings. The molecule has 0 atom stereocenters. The maximum absolute atomic E-state index is 5.97. The van der Waals surface area contributed by atoms with Crippen molar-refractivity contribution in [3.05, 3.63) is 33.9 Å². The van der Waals surface area contributed by atoms with E-state index >= 15 is 0 Å². The van der Waals surface area contributed by atoms with Gasteiger partial charge in [-0.05, 0) is 39.9 Å². The van der Waals surface area contributed by atoms with Crippen molar-refractivity contribution in [3.8, 4) is 11.4 Å². The number of thiophene rings is 1. The molecule has 0 amide bonds. The molecule has 3 aromatic heterocycles. The predicted octanol–water partition coefficient (Wildman–Crippen LogP) is 4.05. The van der Waals surface area contributed by atoms with Crippen LogP contribution in [-0.4, -0.2) is 15.0 Å². The van der Waals surface area contributed by atoms with E-state index in [-0.39, 0.29) is 0 Å². The Morgan fingerprint density at radius 2 is 2.20 bits per heavy atom. The van der Waals surface area contributed by atoms with Crippen LogP contribution >= 0.6 is 27.3 Å². The van der Waals surface area contributed by atoms with Gasteiger partial charge in [0.05, 0.1) is 20.4 Å². The number of aromatic nitrogens is 3. The number of anilines is 1. The van der Waals surface area contributed by atoms with E-state index in [0.29, 0.717) is 11.6 Å². The molecule has 2 N–H and O–H groups in total. The van der Waals surface area contributed by atoms with Crippen molar-refractivity contribution in [1.82, 2.24) is 15.0 Å². The van der Waals surface area contributed by atoms with Gasteiger partial charge in [0.25, 0.3) is 0 Å². The van der Waals surface area contributed by atoms with Gasteiger partial charge in [0, 0.05) is 11.8 Å². The van der Waals surface area contributed by atoms with E-state index < -0.39 is 0 Å². The number of rotatable bonds is 3. The maximum Gasteiger partial charge on any atom is 0.163 e. The van der Waals surface area contributed by atoms with E-state index in [1.54, 1.807) is 17.5 Å². The molecular formula is C14H13BrN4S. The Balaban J connectivity index is 2.12. The van der Waals surface area contributed by atoms with Crippen molar-refractivity contribution in [2.75, 3.05) is 5.73 Å². The number of aryl methyl sites for hydroxylation is 1. The van der Waals surface area contributed by atoms with Gasteiger partial charge in [-0.25, -0.2) is 9.97 Å². The molecule has 0 saturated carbocycles. The van der Waals surface area contributed by atoms with Gasteiger partial charge in [-0.2, -0.15) is 0 Å². The summed E-state index contributed by atoms with van der Waals surface area (Å²) in [5, 5.41) is 2.03. The van der Waals surface area contributed by atoms with Crippen molar-refractivity contribution in [1.29, 1.82) is 0 Å². The minimum Gasteiger partial charge on any atom is -0.383 e. The van der Waals surface area contributed by atoms with Crippen LogP contribution in [0, 0.1) is 0 Å². The zero-order chi connectivity index (χ0) is 14.1. The molecule has 0 bridgehead atoms. The highest BCUT2D eigenvalue weighted by Crippen LogP contribution is 2.28. The first-order valence-electron chi connectivity index (χ1n) is 6.34. The van der Waals surface area contributed by atoms with Crippen LogP contribution in [0.5, 0.6) is 0 Å². The minimum absolute atomic E-state index is 0.477. The smallest absolute Gasteiger partial charge is 0.163 e. The molecule has 3 heterocycles. The molecule has 3 rings (SSSR count). The van der Waals surface area contributed by atoms with Gasteiger partial charge in [0.15, 0.2) is 5.82 Å². The van der Waals surface area contributed by atoms with E-state index in [1.807, 2.05) is 11.4 Å². The van der Waals surface area contributed by atoms with E-state index in [9.17, 15) is 0 Å². The first-order valence-corrected chi connectivity index (χ1v) is 8.02. The highest BCUT2D eigenvalue weighted by molar-refractivity contribution is 9.10. The van der Waals surface area contributed by atoms with Gasteiger partial charge in [-0.3, -0.25) is 4.98 Å². The molecule has 0 unspecified atom stereocenters. The first kappa shape index (κ1) is 13.5. The predicted molar refractivity (Wildman–Crippen MR) is 86.8 cm³/mol. The molecule has 0 aliphatic carbocycles. The summed E-state index contributed by atoms with van der Waals surface area (Å²) in [6, 6.07) is 4.06. The number of fused-ring (bicyclic) bond motifs is 1. The van der Waals surface area contributed by atoms with Gasteiger partial charge in [0.2, 0.25) is 0 Å². The number of pyridine rings is 1. The molecule has 6 heteroatoms. The lowest BCUT2D eigenvalue weighted by molar-refractivity contribution is 0.870. The third-order valence-electron chi connectivity index (χ3n) is 2.99. The number of halogens is 1. The molecule has 0 radical (unpaired) electrons. The summed E-state index contributed by atoms with van der Waals surface area (Å²) < 4.78 is 1.93. The summed E-state index contributed by atoms with van der Waals surface area (Å²) >= 11 is 5.12. The number of nitrogens with zero attached hydrogens (tertiary/aromatic N) is 3. The number of hydrogen-bond donors (Lipinski definition) is 1. The highest BCUT2D eigenvalue weighted by atomic mass is 79.9. The third-order valence-corrected chi connectivity index (χ3v) is 4.71. The standard InChI is InChI=1S/C14H13BrN4S/c1-2-3-10-12(15)13(16)19-14(18-10)8-6-11-9(17-7-8)4-5-20-11/h4-7H,2-3H2,1H3,(H2,16,18,19). The molecule has 4 nitrogen and oxygen atoms in total. The largest absolute Gasteiger partial charge is 0.383 e. The quantitative estimate of drug-likeness (QED) is 0.775. The Morgan fingerprint density at radius 3 is 3.00 bits per heavy atom. The van der Waals surface area contributed by atoms with Gasteiger partial charge in [-0.15, -0.1) is 11.3 Å². The lowest BCUT2D eigenvalue weighted by Crippen LogP contribution is -2.03. The van der Waals surface area contributed by atoms with Crippen molar-refractivity contribution >= 4 is 43.3 Å². The van der Waals surface area contributed by atoms with E-state index in [2.05, 4.69) is 43.9 Å². The topological polar surface area (TPSA) is 64.7 Å². The third kappa shape index (κ3) is 2.41. The van der Waals surface area contributed by atoms with Crippen LogP contribution < -0.4 is 5.73 Å². The second kappa shape index (κ2) is 5.46. The molecule has 0 spiro atoms. The second-order valence-corrected chi connectivity index (χ2v) is 6.21. The summed E-state index contributed by atoms with van der Waals surface area (Å²) in [5.74, 6) is 1.11. The van der Waals surface area contributed by atoms with Crippen LogP contribution in [0.4, 0.5) is 5.82 Å². The van der Waals surface area contributed by atoms with Crippen molar-refractivity contribution in [2.45, 2.75) is 19.8 Å². The fraction of sp³-hybridized carbons (Fsp3) is 0.214. The molecule has 20 heavy (non-hydrogen) atoms. The zero-order valence-electron chi connectivity index (χ0n) is 10.9. The lowest BCUT2D eigenvalue weighted by Gasteiger charge is -2.08. The molecule has 3 aromatic rings. The van der Waals surface area contributed by atoms with Crippen LogP contribution in [0.3, 0.4) is 0 Å². The Kier molecular flexibility index (Phi) is 3.67.